The standard InChI is InChI=1S/C17H24N2O3/c1-12-15(18-9-10-22-12)16(20)19-11-17(7-8-17)13-5-3-4-6-14(13)21-2/h3-6,12,15,18H,7-11H2,1-2H3,(H,19,20)/t12-,15+/m1/s1. The van der Waals surface area contributed by atoms with Gasteiger partial charge in [0.25, 0.3) is 0 Å². The van der Waals surface area contributed by atoms with Crippen molar-refractivity contribution in [3.63, 3.8) is 0 Å². The maximum Gasteiger partial charge on any atom is 0.239 e. The Bertz CT molecular complexity index is 542. The number of carbonyl (C=O) groups is 1. The first-order chi connectivity index (χ1) is 10.7. The number of carbonyl (C=O) groups excluding carboxylic acids is 1. The topological polar surface area (TPSA) is 59.6 Å². The van der Waals surface area contributed by atoms with Crippen molar-refractivity contribution >= 4 is 5.91 Å². The van der Waals surface area contributed by atoms with Crippen LogP contribution in [0.4, 0.5) is 0 Å². The van der Waals surface area contributed by atoms with Gasteiger partial charge in [0, 0.05) is 24.1 Å². The fraction of sp³-hybridized carbons (Fsp3) is 0.588. The second-order valence-corrected chi connectivity index (χ2v) is 6.21. The zero-order valence-electron chi connectivity index (χ0n) is 13.2. The molecule has 1 saturated heterocycles. The summed E-state index contributed by atoms with van der Waals surface area (Å²) >= 11 is 0. The molecule has 5 heteroatoms. The van der Waals surface area contributed by atoms with Crippen molar-refractivity contribution in [2.45, 2.75) is 37.3 Å². The summed E-state index contributed by atoms with van der Waals surface area (Å²) in [4.78, 5) is 12.4. The highest BCUT2D eigenvalue weighted by molar-refractivity contribution is 5.82. The number of hydrogen-bond acceptors (Lipinski definition) is 4. The van der Waals surface area contributed by atoms with Gasteiger partial charge in [0.05, 0.1) is 19.8 Å². The zero-order chi connectivity index (χ0) is 15.6. The van der Waals surface area contributed by atoms with Crippen molar-refractivity contribution in [2.75, 3.05) is 26.8 Å². The van der Waals surface area contributed by atoms with E-state index in [0.717, 1.165) is 25.1 Å². The second kappa shape index (κ2) is 6.26. The number of ether oxygens (including phenoxy) is 2. The van der Waals surface area contributed by atoms with Crippen molar-refractivity contribution in [1.82, 2.24) is 10.6 Å². The molecule has 1 aromatic carbocycles. The van der Waals surface area contributed by atoms with E-state index in [1.165, 1.54) is 5.56 Å². The van der Waals surface area contributed by atoms with Gasteiger partial charge in [-0.1, -0.05) is 18.2 Å². The molecule has 2 atom stereocenters. The summed E-state index contributed by atoms with van der Waals surface area (Å²) in [5, 5.41) is 6.32. The monoisotopic (exact) mass is 304 g/mol. The Labute approximate surface area is 131 Å². The van der Waals surface area contributed by atoms with Crippen molar-refractivity contribution in [3.8, 4) is 5.75 Å². The number of hydrogen-bond donors (Lipinski definition) is 2. The van der Waals surface area contributed by atoms with Crippen molar-refractivity contribution in [1.29, 1.82) is 0 Å². The molecule has 0 aromatic heterocycles. The molecule has 1 saturated carbocycles. The normalized spacial score (nSPS) is 26.3. The van der Waals surface area contributed by atoms with E-state index in [9.17, 15) is 4.79 Å². The predicted molar refractivity (Wildman–Crippen MR) is 84.1 cm³/mol. The Kier molecular flexibility index (Phi) is 4.36. The maximum atomic E-state index is 12.4. The van der Waals surface area contributed by atoms with Crippen LogP contribution >= 0.6 is 0 Å². The molecule has 1 aliphatic heterocycles. The fourth-order valence-corrected chi connectivity index (χ4v) is 3.17. The maximum absolute atomic E-state index is 12.4. The fourth-order valence-electron chi connectivity index (χ4n) is 3.17. The quantitative estimate of drug-likeness (QED) is 0.859. The number of amides is 1. The molecule has 3 rings (SSSR count). The van der Waals surface area contributed by atoms with E-state index in [1.807, 2.05) is 25.1 Å². The summed E-state index contributed by atoms with van der Waals surface area (Å²) in [6.45, 7) is 3.97. The van der Waals surface area contributed by atoms with Gasteiger partial charge in [-0.05, 0) is 25.8 Å². The van der Waals surface area contributed by atoms with Gasteiger partial charge in [-0.3, -0.25) is 4.79 Å². The lowest BCUT2D eigenvalue weighted by atomic mass is 9.94. The number of nitrogens with one attached hydrogen (secondary N) is 2. The van der Waals surface area contributed by atoms with E-state index in [-0.39, 0.29) is 23.5 Å². The lowest BCUT2D eigenvalue weighted by Crippen LogP contribution is -2.56. The Balaban J connectivity index is 1.64. The van der Waals surface area contributed by atoms with E-state index in [4.69, 9.17) is 9.47 Å². The zero-order valence-corrected chi connectivity index (χ0v) is 13.2. The van der Waals surface area contributed by atoms with Gasteiger partial charge in [0.1, 0.15) is 11.8 Å². The van der Waals surface area contributed by atoms with Gasteiger partial charge in [0.2, 0.25) is 5.91 Å². The molecule has 0 unspecified atom stereocenters. The van der Waals surface area contributed by atoms with Crippen LogP contribution in [-0.4, -0.2) is 44.9 Å². The van der Waals surface area contributed by atoms with E-state index < -0.39 is 0 Å². The SMILES string of the molecule is COc1ccccc1C1(CNC(=O)[C@H]2NCCO[C@@H]2C)CC1. The smallest absolute Gasteiger partial charge is 0.239 e. The summed E-state index contributed by atoms with van der Waals surface area (Å²) in [6.07, 6.45) is 2.07. The minimum absolute atomic E-state index is 0.0216. The summed E-state index contributed by atoms with van der Waals surface area (Å²) in [5.74, 6) is 0.926. The molecule has 2 N–H and O–H groups in total. The van der Waals surface area contributed by atoms with Gasteiger partial charge in [-0.15, -0.1) is 0 Å². The Morgan fingerprint density at radius 3 is 2.91 bits per heavy atom. The first-order valence-electron chi connectivity index (χ1n) is 7.92. The Hall–Kier alpha value is -1.59. The van der Waals surface area contributed by atoms with Gasteiger partial charge >= 0.3 is 0 Å². The molecular weight excluding hydrogens is 280 g/mol. The Morgan fingerprint density at radius 2 is 2.23 bits per heavy atom. The molecule has 0 radical (unpaired) electrons. The van der Waals surface area contributed by atoms with Crippen LogP contribution in [0, 0.1) is 0 Å². The van der Waals surface area contributed by atoms with Crippen molar-refractivity contribution < 1.29 is 14.3 Å². The average Bonchev–Trinajstić information content (AvgIpc) is 3.34. The summed E-state index contributed by atoms with van der Waals surface area (Å²) in [5.41, 5.74) is 1.22. The van der Waals surface area contributed by atoms with Crippen molar-refractivity contribution in [2.24, 2.45) is 0 Å². The molecule has 22 heavy (non-hydrogen) atoms. The van der Waals surface area contributed by atoms with Gasteiger partial charge in [-0.2, -0.15) is 0 Å². The first-order valence-corrected chi connectivity index (χ1v) is 7.92. The van der Waals surface area contributed by atoms with E-state index in [0.29, 0.717) is 13.2 Å². The predicted octanol–water partition coefficient (Wildman–Crippen LogP) is 1.22. The third-order valence-corrected chi connectivity index (χ3v) is 4.73. The molecule has 0 spiro atoms. The van der Waals surface area contributed by atoms with Crippen LogP contribution in [0.1, 0.15) is 25.3 Å². The summed E-state index contributed by atoms with van der Waals surface area (Å²) in [6, 6.07) is 7.82. The molecule has 1 aliphatic carbocycles. The number of morpholine rings is 1. The highest BCUT2D eigenvalue weighted by atomic mass is 16.5. The molecule has 1 aromatic rings. The second-order valence-electron chi connectivity index (χ2n) is 6.21. The highest BCUT2D eigenvalue weighted by Gasteiger charge is 2.46. The minimum Gasteiger partial charge on any atom is -0.496 e. The molecule has 1 heterocycles. The van der Waals surface area contributed by atoms with Crippen LogP contribution in [0.3, 0.4) is 0 Å². The van der Waals surface area contributed by atoms with Gasteiger partial charge in [-0.25, -0.2) is 0 Å². The molecule has 1 amide bonds. The third kappa shape index (κ3) is 2.96. The van der Waals surface area contributed by atoms with Gasteiger partial charge in [0.15, 0.2) is 0 Å². The van der Waals surface area contributed by atoms with Crippen molar-refractivity contribution in [3.05, 3.63) is 29.8 Å². The molecule has 5 nitrogen and oxygen atoms in total. The van der Waals surface area contributed by atoms with Crippen LogP contribution in [0.5, 0.6) is 5.75 Å². The van der Waals surface area contributed by atoms with Crippen LogP contribution in [-0.2, 0) is 14.9 Å². The van der Waals surface area contributed by atoms with Crippen LogP contribution < -0.4 is 15.4 Å². The largest absolute Gasteiger partial charge is 0.496 e. The van der Waals surface area contributed by atoms with Gasteiger partial charge < -0.3 is 20.1 Å². The number of para-hydroxylation sites is 1. The van der Waals surface area contributed by atoms with E-state index >= 15 is 0 Å². The molecule has 2 fully saturated rings. The molecule has 120 valence electrons. The van der Waals surface area contributed by atoms with Crippen LogP contribution in [0.25, 0.3) is 0 Å². The summed E-state index contributed by atoms with van der Waals surface area (Å²) < 4.78 is 11.0. The lowest BCUT2D eigenvalue weighted by molar-refractivity contribution is -0.129. The lowest BCUT2D eigenvalue weighted by Gasteiger charge is -2.30. The average molecular weight is 304 g/mol. The minimum atomic E-state index is -0.262. The first kappa shape index (κ1) is 15.3. The molecule has 2 aliphatic rings. The summed E-state index contributed by atoms with van der Waals surface area (Å²) in [7, 11) is 1.69. The number of benzene rings is 1. The van der Waals surface area contributed by atoms with E-state index in [2.05, 4.69) is 16.7 Å². The Morgan fingerprint density at radius 1 is 1.45 bits per heavy atom. The third-order valence-electron chi connectivity index (χ3n) is 4.73. The number of rotatable bonds is 5. The molecular formula is C17H24N2O3. The van der Waals surface area contributed by atoms with Crippen LogP contribution in [0.2, 0.25) is 0 Å². The van der Waals surface area contributed by atoms with Crippen LogP contribution in [0.15, 0.2) is 24.3 Å². The van der Waals surface area contributed by atoms with E-state index in [1.54, 1.807) is 7.11 Å². The number of methoxy groups -OCH3 is 1. The molecule has 0 bridgehead atoms. The highest BCUT2D eigenvalue weighted by Crippen LogP contribution is 2.50.